The van der Waals surface area contributed by atoms with E-state index in [9.17, 15) is 19.5 Å². The Morgan fingerprint density at radius 3 is 2.41 bits per heavy atom. The number of hydrogen-bond acceptors (Lipinski definition) is 6. The van der Waals surface area contributed by atoms with Crippen LogP contribution in [-0.2, 0) is 19.1 Å². The quantitative estimate of drug-likeness (QED) is 0.630. The molecule has 0 aromatic carbocycles. The maximum Gasteiger partial charge on any atom is 0.302 e. The fourth-order valence-corrected chi connectivity index (χ4v) is 9.52. The van der Waals surface area contributed by atoms with Gasteiger partial charge in [-0.05, 0) is 48.1 Å². The van der Waals surface area contributed by atoms with Crippen LogP contribution in [0.15, 0.2) is 23.0 Å². The number of carbonyl (C=O) groups excluding carboxylic acids is 3. The predicted octanol–water partition coefficient (Wildman–Crippen LogP) is 4.69. The number of esters is 1. The van der Waals surface area contributed by atoms with E-state index >= 15 is 0 Å². The molecule has 0 spiro atoms. The third kappa shape index (κ3) is 2.81. The van der Waals surface area contributed by atoms with Crippen LogP contribution in [0.1, 0.15) is 85.1 Å². The average molecular weight is 471 g/mol. The van der Waals surface area contributed by atoms with E-state index in [1.54, 1.807) is 12.5 Å². The van der Waals surface area contributed by atoms with E-state index < -0.39 is 34.4 Å². The topological polar surface area (TPSA) is 93.8 Å². The maximum atomic E-state index is 13.9. The fourth-order valence-electron chi connectivity index (χ4n) is 9.52. The molecule has 1 N–H and O–H groups in total. The molecule has 5 rings (SSSR count). The van der Waals surface area contributed by atoms with E-state index in [-0.39, 0.29) is 40.7 Å². The minimum atomic E-state index is -0.713. The lowest BCUT2D eigenvalue weighted by atomic mass is 9.35. The Kier molecular flexibility index (Phi) is 5.09. The zero-order valence-corrected chi connectivity index (χ0v) is 21.2. The molecule has 4 aliphatic carbocycles. The molecule has 34 heavy (non-hydrogen) atoms. The average Bonchev–Trinajstić information content (AvgIpc) is 3.36. The summed E-state index contributed by atoms with van der Waals surface area (Å²) in [7, 11) is 0. The summed E-state index contributed by atoms with van der Waals surface area (Å²) in [4.78, 5) is 39.1. The molecule has 0 bridgehead atoms. The highest BCUT2D eigenvalue weighted by Crippen LogP contribution is 2.74. The first-order chi connectivity index (χ1) is 15.8. The van der Waals surface area contributed by atoms with Gasteiger partial charge in [0.05, 0.1) is 18.6 Å². The van der Waals surface area contributed by atoms with Gasteiger partial charge in [-0.15, -0.1) is 0 Å². The van der Waals surface area contributed by atoms with Crippen molar-refractivity contribution in [3.8, 4) is 0 Å². The monoisotopic (exact) mass is 470 g/mol. The number of aliphatic hydroxyl groups excluding tert-OH is 1. The predicted molar refractivity (Wildman–Crippen MR) is 125 cm³/mol. The van der Waals surface area contributed by atoms with Gasteiger partial charge in [0.1, 0.15) is 17.7 Å². The van der Waals surface area contributed by atoms with Gasteiger partial charge >= 0.3 is 5.97 Å². The largest absolute Gasteiger partial charge is 0.472 e. The van der Waals surface area contributed by atoms with Crippen molar-refractivity contribution in [2.24, 2.45) is 39.4 Å². The molecule has 0 radical (unpaired) electrons. The molecule has 0 unspecified atom stereocenters. The fraction of sp³-hybridized carbons (Fsp3) is 0.750. The Hall–Kier alpha value is -1.95. The van der Waals surface area contributed by atoms with E-state index in [4.69, 9.17) is 9.15 Å². The lowest BCUT2D eigenvalue weighted by molar-refractivity contribution is -0.252. The molecule has 6 nitrogen and oxygen atoms in total. The lowest BCUT2D eigenvalue weighted by Crippen LogP contribution is -2.70. The van der Waals surface area contributed by atoms with E-state index in [1.807, 2.05) is 19.9 Å². The first kappa shape index (κ1) is 23.8. The van der Waals surface area contributed by atoms with Crippen LogP contribution < -0.4 is 0 Å². The molecule has 9 atom stereocenters. The summed E-state index contributed by atoms with van der Waals surface area (Å²) < 4.78 is 11.4. The molecule has 1 aromatic heterocycles. The van der Waals surface area contributed by atoms with Crippen LogP contribution in [0, 0.1) is 39.4 Å². The number of fused-ring (bicyclic) bond motifs is 5. The third-order valence-corrected chi connectivity index (χ3v) is 11.1. The summed E-state index contributed by atoms with van der Waals surface area (Å²) in [5.74, 6) is -0.598. The highest BCUT2D eigenvalue weighted by atomic mass is 16.5. The molecule has 6 heteroatoms. The summed E-state index contributed by atoms with van der Waals surface area (Å²) >= 11 is 0. The van der Waals surface area contributed by atoms with Crippen LogP contribution in [0.4, 0.5) is 0 Å². The highest BCUT2D eigenvalue weighted by molar-refractivity contribution is 5.88. The number of ketones is 2. The van der Waals surface area contributed by atoms with Crippen molar-refractivity contribution in [2.75, 3.05) is 0 Å². The second-order valence-corrected chi connectivity index (χ2v) is 12.8. The zero-order valence-electron chi connectivity index (χ0n) is 21.2. The number of aliphatic hydroxyl groups is 1. The highest BCUT2D eigenvalue weighted by Gasteiger charge is 2.75. The summed E-state index contributed by atoms with van der Waals surface area (Å²) in [6.45, 7) is 11.9. The van der Waals surface area contributed by atoms with Crippen molar-refractivity contribution in [3.05, 3.63) is 24.2 Å². The van der Waals surface area contributed by atoms with Crippen LogP contribution in [-0.4, -0.2) is 34.9 Å². The van der Waals surface area contributed by atoms with Gasteiger partial charge in [-0.2, -0.15) is 0 Å². The van der Waals surface area contributed by atoms with Crippen molar-refractivity contribution in [2.45, 2.75) is 91.8 Å². The van der Waals surface area contributed by atoms with Crippen LogP contribution >= 0.6 is 0 Å². The molecule has 186 valence electrons. The minimum Gasteiger partial charge on any atom is -0.472 e. The normalized spacial score (nSPS) is 47.5. The molecular weight excluding hydrogens is 432 g/mol. The Morgan fingerprint density at radius 2 is 1.79 bits per heavy atom. The van der Waals surface area contributed by atoms with Gasteiger partial charge in [-0.3, -0.25) is 14.4 Å². The van der Waals surface area contributed by atoms with Gasteiger partial charge in [0, 0.05) is 47.8 Å². The van der Waals surface area contributed by atoms with Gasteiger partial charge in [-0.1, -0.05) is 34.6 Å². The Bertz CT molecular complexity index is 1030. The summed E-state index contributed by atoms with van der Waals surface area (Å²) in [6, 6.07) is 1.90. The number of Topliss-reactive ketones (excluding diaryl/α,β-unsaturated/α-hetero) is 2. The molecule has 4 fully saturated rings. The second-order valence-electron chi connectivity index (χ2n) is 12.8. The summed E-state index contributed by atoms with van der Waals surface area (Å²) in [6.07, 6.45) is 4.82. The van der Waals surface area contributed by atoms with Gasteiger partial charge in [-0.25, -0.2) is 0 Å². The first-order valence-corrected chi connectivity index (χ1v) is 12.7. The standard InChI is InChI=1S/C28H38O6/c1-15(29)34-23-13-20-26(4)9-7-21(31)25(2,3)19(26)12-22(32)28(20,6)24-18(30)11-17(27(23,24)5)16-8-10-33-14-16/h8,10,14,17,19-20,22-24,32H,7,9,11-13H2,1-6H3/t17-,19-,20+,22+,23-,24-,26-,27+,28-/m0/s1. The van der Waals surface area contributed by atoms with Gasteiger partial charge in [0.15, 0.2) is 0 Å². The molecule has 0 saturated heterocycles. The van der Waals surface area contributed by atoms with Crippen molar-refractivity contribution in [1.29, 1.82) is 0 Å². The van der Waals surface area contributed by atoms with Crippen molar-refractivity contribution in [3.63, 3.8) is 0 Å². The Morgan fingerprint density at radius 1 is 1.09 bits per heavy atom. The summed E-state index contributed by atoms with van der Waals surface area (Å²) in [5.41, 5.74) is -1.15. The number of rotatable bonds is 2. The first-order valence-electron chi connectivity index (χ1n) is 12.7. The van der Waals surface area contributed by atoms with Crippen molar-refractivity contribution < 1.29 is 28.6 Å². The molecule has 0 aliphatic heterocycles. The zero-order chi connectivity index (χ0) is 24.8. The Labute approximate surface area is 201 Å². The van der Waals surface area contributed by atoms with E-state index in [0.29, 0.717) is 25.7 Å². The minimum absolute atomic E-state index is 0.0119. The Balaban J connectivity index is 1.68. The second kappa shape index (κ2) is 7.28. The molecule has 1 aromatic rings. The van der Waals surface area contributed by atoms with Gasteiger partial charge in [0.25, 0.3) is 0 Å². The van der Waals surface area contributed by atoms with Crippen molar-refractivity contribution in [1.82, 2.24) is 0 Å². The van der Waals surface area contributed by atoms with Gasteiger partial charge in [0.2, 0.25) is 0 Å². The third-order valence-electron chi connectivity index (χ3n) is 11.1. The molecule has 0 amide bonds. The summed E-state index contributed by atoms with van der Waals surface area (Å²) in [5, 5.41) is 11.8. The van der Waals surface area contributed by atoms with E-state index in [1.165, 1.54) is 6.92 Å². The molecule has 4 saturated carbocycles. The van der Waals surface area contributed by atoms with Gasteiger partial charge < -0.3 is 14.3 Å². The van der Waals surface area contributed by atoms with Crippen LogP contribution in [0.5, 0.6) is 0 Å². The maximum absolute atomic E-state index is 13.9. The number of carbonyl (C=O) groups is 3. The van der Waals surface area contributed by atoms with E-state index in [0.717, 1.165) is 12.0 Å². The van der Waals surface area contributed by atoms with E-state index in [2.05, 4.69) is 20.8 Å². The molecular formula is C28H38O6. The van der Waals surface area contributed by atoms with Crippen LogP contribution in [0.25, 0.3) is 0 Å². The SMILES string of the molecule is CC(=O)O[C@H]1C[C@@H]2[C@@]3(C)CCC(=O)C(C)(C)[C@@H]3C[C@@H](O)[C@@]2(C)[C@H]2C(=O)C[C@@H](c3ccoc3)[C@@]21C. The number of ether oxygens (including phenoxy) is 1. The number of furan rings is 1. The van der Waals surface area contributed by atoms with Crippen molar-refractivity contribution >= 4 is 17.5 Å². The molecule has 1 heterocycles. The molecule has 4 aliphatic rings. The smallest absolute Gasteiger partial charge is 0.302 e. The number of hydrogen-bond donors (Lipinski definition) is 1. The van der Waals surface area contributed by atoms with Crippen LogP contribution in [0.2, 0.25) is 0 Å². The van der Waals surface area contributed by atoms with Crippen LogP contribution in [0.3, 0.4) is 0 Å². The lowest BCUT2D eigenvalue weighted by Gasteiger charge is -2.69.